The average molecular weight is 249 g/mol. The first-order chi connectivity index (χ1) is 5.65. The van der Waals surface area contributed by atoms with Crippen LogP contribution < -0.4 is 0 Å². The molecule has 2 nitrogen and oxygen atoms in total. The number of ether oxygens (including phenoxy) is 1. The topological polar surface area (TPSA) is 33.1 Å². The fourth-order valence-corrected chi connectivity index (χ4v) is 1.35. The summed E-state index contributed by atoms with van der Waals surface area (Å²) in [6.07, 6.45) is 0. The number of rotatable bonds is 1. The quantitative estimate of drug-likeness (QED) is 0.601. The summed E-state index contributed by atoms with van der Waals surface area (Å²) in [5, 5.41) is 7.91. The first-order valence-electron chi connectivity index (χ1n) is 3.23. The standard InChI is InChI=1S/C8H7BrClNO/c1-12-8(11)6-4-5(9)2-3-7(6)10/h2-4,11H,1H3. The molecule has 0 heterocycles. The highest BCUT2D eigenvalue weighted by Crippen LogP contribution is 2.21. The van der Waals surface area contributed by atoms with Crippen LogP contribution >= 0.6 is 27.5 Å². The van der Waals surface area contributed by atoms with Crippen LogP contribution in [-0.4, -0.2) is 13.0 Å². The first-order valence-corrected chi connectivity index (χ1v) is 4.40. The van der Waals surface area contributed by atoms with E-state index in [1.54, 1.807) is 12.1 Å². The van der Waals surface area contributed by atoms with Gasteiger partial charge in [-0.05, 0) is 18.2 Å². The zero-order chi connectivity index (χ0) is 9.14. The molecule has 0 bridgehead atoms. The van der Waals surface area contributed by atoms with Gasteiger partial charge in [0.15, 0.2) is 0 Å². The van der Waals surface area contributed by atoms with Crippen molar-refractivity contribution in [1.29, 1.82) is 5.41 Å². The van der Waals surface area contributed by atoms with Crippen LogP contribution in [0.1, 0.15) is 5.56 Å². The van der Waals surface area contributed by atoms with Crippen molar-refractivity contribution in [2.75, 3.05) is 7.11 Å². The lowest BCUT2D eigenvalue weighted by molar-refractivity contribution is 0.401. The van der Waals surface area contributed by atoms with E-state index in [1.807, 2.05) is 6.07 Å². The van der Waals surface area contributed by atoms with Crippen LogP contribution in [0.5, 0.6) is 0 Å². The van der Waals surface area contributed by atoms with Gasteiger partial charge in [-0.1, -0.05) is 27.5 Å². The Bertz CT molecular complexity index is 314. The number of methoxy groups -OCH3 is 1. The molecule has 0 spiro atoms. The zero-order valence-electron chi connectivity index (χ0n) is 6.40. The van der Waals surface area contributed by atoms with Crippen LogP contribution in [0.15, 0.2) is 22.7 Å². The Morgan fingerprint density at radius 2 is 2.25 bits per heavy atom. The molecule has 0 aliphatic carbocycles. The van der Waals surface area contributed by atoms with Gasteiger partial charge in [0.25, 0.3) is 0 Å². The summed E-state index contributed by atoms with van der Waals surface area (Å²) in [4.78, 5) is 0. The number of halogens is 2. The summed E-state index contributed by atoms with van der Waals surface area (Å²) >= 11 is 9.11. The lowest BCUT2D eigenvalue weighted by Crippen LogP contribution is -2.01. The van der Waals surface area contributed by atoms with E-state index in [2.05, 4.69) is 15.9 Å². The normalized spacial score (nSPS) is 9.58. The minimum absolute atomic E-state index is 0.0706. The molecule has 1 N–H and O–H groups in total. The maximum Gasteiger partial charge on any atom is 0.214 e. The molecule has 64 valence electrons. The van der Waals surface area contributed by atoms with Crippen LogP contribution in [-0.2, 0) is 4.74 Å². The van der Waals surface area contributed by atoms with Crippen molar-refractivity contribution in [3.05, 3.63) is 33.3 Å². The molecule has 1 rings (SSSR count). The van der Waals surface area contributed by atoms with Gasteiger partial charge in [-0.25, -0.2) is 0 Å². The highest BCUT2D eigenvalue weighted by molar-refractivity contribution is 9.10. The monoisotopic (exact) mass is 247 g/mol. The van der Waals surface area contributed by atoms with Gasteiger partial charge in [0, 0.05) is 4.47 Å². The fourth-order valence-electron chi connectivity index (χ4n) is 0.781. The third-order valence-corrected chi connectivity index (χ3v) is 2.20. The van der Waals surface area contributed by atoms with Crippen molar-refractivity contribution in [2.45, 2.75) is 0 Å². The molecule has 0 aliphatic heterocycles. The van der Waals surface area contributed by atoms with Gasteiger partial charge in [0.1, 0.15) is 0 Å². The van der Waals surface area contributed by atoms with Crippen LogP contribution in [0.25, 0.3) is 0 Å². The number of hydrogen-bond acceptors (Lipinski definition) is 2. The Morgan fingerprint density at radius 1 is 1.58 bits per heavy atom. The molecule has 0 unspecified atom stereocenters. The van der Waals surface area contributed by atoms with Gasteiger partial charge in [-0.15, -0.1) is 0 Å². The fraction of sp³-hybridized carbons (Fsp3) is 0.125. The molecule has 1 aromatic rings. The summed E-state index contributed by atoms with van der Waals surface area (Å²) in [5.41, 5.74) is 0.591. The molecule has 4 heteroatoms. The Kier molecular flexibility index (Phi) is 3.12. The number of hydrogen-bond donors (Lipinski definition) is 1. The van der Waals surface area contributed by atoms with Gasteiger partial charge in [0.2, 0.25) is 5.90 Å². The van der Waals surface area contributed by atoms with Crippen molar-refractivity contribution in [3.8, 4) is 0 Å². The molecule has 0 amide bonds. The molecule has 0 saturated heterocycles. The van der Waals surface area contributed by atoms with E-state index in [1.165, 1.54) is 7.11 Å². The second-order valence-corrected chi connectivity index (χ2v) is 3.48. The van der Waals surface area contributed by atoms with Gasteiger partial charge < -0.3 is 4.74 Å². The summed E-state index contributed by atoms with van der Waals surface area (Å²) in [5.74, 6) is 0.0706. The van der Waals surface area contributed by atoms with Crippen LogP contribution in [0.3, 0.4) is 0 Å². The Labute approximate surface area is 84.1 Å². The van der Waals surface area contributed by atoms with Gasteiger partial charge in [-0.2, -0.15) is 0 Å². The molecule has 1 aromatic carbocycles. The predicted molar refractivity (Wildman–Crippen MR) is 53.0 cm³/mol. The Balaban J connectivity index is 3.13. The van der Waals surface area contributed by atoms with E-state index in [4.69, 9.17) is 21.7 Å². The molecule has 0 aliphatic rings. The first kappa shape index (κ1) is 9.55. The SMILES string of the molecule is COC(=N)c1cc(Br)ccc1Cl. The van der Waals surface area contributed by atoms with E-state index in [0.29, 0.717) is 10.6 Å². The molecule has 0 aromatic heterocycles. The second kappa shape index (κ2) is 3.92. The molecule has 0 radical (unpaired) electrons. The third-order valence-electron chi connectivity index (χ3n) is 1.38. The van der Waals surface area contributed by atoms with Gasteiger partial charge in [-0.3, -0.25) is 5.41 Å². The average Bonchev–Trinajstić information content (AvgIpc) is 2.08. The molecular formula is C8H7BrClNO. The summed E-state index contributed by atoms with van der Waals surface area (Å²) in [7, 11) is 1.44. The van der Waals surface area contributed by atoms with Crippen LogP contribution in [0.2, 0.25) is 5.02 Å². The molecule has 12 heavy (non-hydrogen) atoms. The van der Waals surface area contributed by atoms with E-state index >= 15 is 0 Å². The van der Waals surface area contributed by atoms with Crippen molar-refractivity contribution in [3.63, 3.8) is 0 Å². The lowest BCUT2D eigenvalue weighted by atomic mass is 10.2. The molecule has 0 saturated carbocycles. The van der Waals surface area contributed by atoms with Crippen molar-refractivity contribution in [2.24, 2.45) is 0 Å². The van der Waals surface area contributed by atoms with Crippen molar-refractivity contribution < 1.29 is 4.74 Å². The molecule has 0 fully saturated rings. The summed E-state index contributed by atoms with van der Waals surface area (Å²) < 4.78 is 5.63. The number of benzene rings is 1. The summed E-state index contributed by atoms with van der Waals surface area (Å²) in [6.45, 7) is 0. The maximum atomic E-state index is 7.39. The van der Waals surface area contributed by atoms with Crippen LogP contribution in [0.4, 0.5) is 0 Å². The lowest BCUT2D eigenvalue weighted by Gasteiger charge is -2.04. The smallest absolute Gasteiger partial charge is 0.214 e. The second-order valence-electron chi connectivity index (χ2n) is 2.16. The van der Waals surface area contributed by atoms with Crippen molar-refractivity contribution in [1.82, 2.24) is 0 Å². The van der Waals surface area contributed by atoms with Crippen molar-refractivity contribution >= 4 is 33.4 Å². The maximum absolute atomic E-state index is 7.39. The highest BCUT2D eigenvalue weighted by atomic mass is 79.9. The zero-order valence-corrected chi connectivity index (χ0v) is 8.74. The molecular weight excluding hydrogens is 241 g/mol. The largest absolute Gasteiger partial charge is 0.481 e. The predicted octanol–water partition coefficient (Wildman–Crippen LogP) is 3.07. The third kappa shape index (κ3) is 1.99. The molecule has 0 atom stereocenters. The highest BCUT2D eigenvalue weighted by Gasteiger charge is 2.06. The van der Waals surface area contributed by atoms with E-state index in [9.17, 15) is 0 Å². The van der Waals surface area contributed by atoms with E-state index in [0.717, 1.165) is 4.47 Å². The Morgan fingerprint density at radius 3 is 2.83 bits per heavy atom. The number of nitrogens with one attached hydrogen (secondary N) is 1. The van der Waals surface area contributed by atoms with E-state index in [-0.39, 0.29) is 5.90 Å². The van der Waals surface area contributed by atoms with E-state index < -0.39 is 0 Å². The minimum atomic E-state index is 0.0706. The van der Waals surface area contributed by atoms with Crippen LogP contribution in [0, 0.1) is 5.41 Å². The summed E-state index contributed by atoms with van der Waals surface area (Å²) in [6, 6.07) is 5.28. The van der Waals surface area contributed by atoms with Gasteiger partial charge >= 0.3 is 0 Å². The van der Waals surface area contributed by atoms with Gasteiger partial charge in [0.05, 0.1) is 17.7 Å². The minimum Gasteiger partial charge on any atom is -0.481 e. The Hall–Kier alpha value is -0.540.